The number of hydrogen-bond acceptors (Lipinski definition) is 6. The zero-order valence-corrected chi connectivity index (χ0v) is 21.7. The molecule has 0 bridgehead atoms. The molecule has 5 rings (SSSR count). The van der Waals surface area contributed by atoms with Crippen LogP contribution in [0.25, 0.3) is 16.8 Å². The molecular weight excluding hydrogens is 546 g/mol. The lowest BCUT2D eigenvalue weighted by Gasteiger charge is -2.37. The van der Waals surface area contributed by atoms with Crippen LogP contribution in [-0.4, -0.2) is 39.7 Å². The Morgan fingerprint density at radius 2 is 1.74 bits per heavy atom. The zero-order chi connectivity index (χ0) is 27.7. The number of carbonyl (C=O) groups is 1. The Morgan fingerprint density at radius 3 is 2.41 bits per heavy atom. The fourth-order valence-corrected chi connectivity index (χ4v) is 4.92. The van der Waals surface area contributed by atoms with Gasteiger partial charge in [0.25, 0.3) is 5.56 Å². The molecule has 0 saturated carbocycles. The summed E-state index contributed by atoms with van der Waals surface area (Å²) in [5.74, 6) is -0.908. The van der Waals surface area contributed by atoms with Gasteiger partial charge in [0.05, 0.1) is 40.1 Å². The molecule has 12 heteroatoms. The number of piperazine rings is 1. The van der Waals surface area contributed by atoms with Gasteiger partial charge in [0.2, 0.25) is 5.91 Å². The van der Waals surface area contributed by atoms with Crippen LogP contribution in [0, 0.1) is 17.1 Å². The molecule has 2 aromatic heterocycles. The Hall–Kier alpha value is -4.46. The summed E-state index contributed by atoms with van der Waals surface area (Å²) < 4.78 is 16.0. The van der Waals surface area contributed by atoms with Crippen LogP contribution >= 0.6 is 23.2 Å². The molecule has 0 unspecified atom stereocenters. The Kier molecular flexibility index (Phi) is 7.19. The minimum atomic E-state index is -0.824. The van der Waals surface area contributed by atoms with Crippen molar-refractivity contribution in [2.75, 3.05) is 29.4 Å². The fraction of sp³-hybridized carbons (Fsp3) is 0.148. The van der Waals surface area contributed by atoms with Gasteiger partial charge < -0.3 is 9.80 Å². The molecule has 0 atom stereocenters. The lowest BCUT2D eigenvalue weighted by atomic mass is 10.1. The average Bonchev–Trinajstić information content (AvgIpc) is 2.92. The predicted molar refractivity (Wildman–Crippen MR) is 146 cm³/mol. The van der Waals surface area contributed by atoms with Crippen LogP contribution in [0.15, 0.2) is 76.6 Å². The third-order valence-electron chi connectivity index (χ3n) is 6.29. The number of para-hydroxylation sites is 1. The van der Waals surface area contributed by atoms with E-state index in [0.29, 0.717) is 5.69 Å². The second-order valence-electron chi connectivity index (χ2n) is 8.66. The largest absolute Gasteiger partial charge is 0.346 e. The number of aromatic nitrogens is 3. The van der Waals surface area contributed by atoms with E-state index < -0.39 is 23.6 Å². The van der Waals surface area contributed by atoms with E-state index in [9.17, 15) is 24.0 Å². The molecule has 1 amide bonds. The molecule has 3 heterocycles. The van der Waals surface area contributed by atoms with Gasteiger partial charge in [-0.05, 0) is 35.9 Å². The number of pyridine rings is 1. The van der Waals surface area contributed by atoms with Gasteiger partial charge in [-0.1, -0.05) is 47.5 Å². The average molecular weight is 565 g/mol. The summed E-state index contributed by atoms with van der Waals surface area (Å²) in [5, 5.41) is 9.58. The van der Waals surface area contributed by atoms with Crippen molar-refractivity contribution in [1.29, 1.82) is 5.26 Å². The van der Waals surface area contributed by atoms with E-state index in [0.717, 1.165) is 15.2 Å². The number of nitriles is 1. The Morgan fingerprint density at radius 1 is 0.974 bits per heavy atom. The van der Waals surface area contributed by atoms with Crippen LogP contribution in [0.5, 0.6) is 0 Å². The number of anilines is 2. The first-order chi connectivity index (χ1) is 18.8. The molecule has 0 N–H and O–H groups in total. The normalized spacial score (nSPS) is 13.4. The van der Waals surface area contributed by atoms with Crippen molar-refractivity contribution in [3.63, 3.8) is 0 Å². The quantitative estimate of drug-likeness (QED) is 0.364. The molecule has 0 spiro atoms. The van der Waals surface area contributed by atoms with E-state index in [4.69, 9.17) is 23.2 Å². The van der Waals surface area contributed by atoms with Crippen molar-refractivity contribution in [3.8, 4) is 22.9 Å². The minimum absolute atomic E-state index is 0.0345. The van der Waals surface area contributed by atoms with E-state index in [2.05, 4.69) is 4.98 Å². The number of nitrogens with zero attached hydrogens (tertiary/aromatic N) is 6. The van der Waals surface area contributed by atoms with Crippen molar-refractivity contribution in [1.82, 2.24) is 14.1 Å². The molecule has 1 aliphatic heterocycles. The van der Waals surface area contributed by atoms with E-state index >= 15 is 0 Å². The second kappa shape index (κ2) is 10.7. The minimum Gasteiger partial charge on any atom is -0.346 e. The van der Waals surface area contributed by atoms with Crippen molar-refractivity contribution < 1.29 is 9.18 Å². The third-order valence-corrected chi connectivity index (χ3v) is 6.79. The summed E-state index contributed by atoms with van der Waals surface area (Å²) in [5.41, 5.74) is -0.631. The van der Waals surface area contributed by atoms with Gasteiger partial charge in [-0.15, -0.1) is 0 Å². The first-order valence-corrected chi connectivity index (χ1v) is 12.5. The van der Waals surface area contributed by atoms with Gasteiger partial charge in [-0.25, -0.2) is 13.8 Å². The number of benzene rings is 2. The summed E-state index contributed by atoms with van der Waals surface area (Å²) in [6.45, 7) is -0.106. The SMILES string of the molecule is N#CCn1c(N2CCN(c3ccccc3)C(=O)C2)c(-c2ccc(F)c(Cl)c2)c(=O)n(-c2cncc(Cl)c2)c1=O. The van der Waals surface area contributed by atoms with E-state index in [1.165, 1.54) is 30.6 Å². The van der Waals surface area contributed by atoms with Gasteiger partial charge in [0.15, 0.2) is 0 Å². The molecule has 1 saturated heterocycles. The van der Waals surface area contributed by atoms with Crippen LogP contribution in [0.4, 0.5) is 15.9 Å². The highest BCUT2D eigenvalue weighted by molar-refractivity contribution is 6.31. The summed E-state index contributed by atoms with van der Waals surface area (Å²) >= 11 is 12.1. The maximum absolute atomic E-state index is 14.1. The first-order valence-electron chi connectivity index (χ1n) is 11.7. The molecule has 2 aromatic carbocycles. The number of amides is 1. The molecule has 0 aliphatic carbocycles. The highest BCUT2D eigenvalue weighted by Crippen LogP contribution is 2.32. The molecule has 1 fully saturated rings. The van der Waals surface area contributed by atoms with E-state index in [1.54, 1.807) is 9.80 Å². The molecule has 9 nitrogen and oxygen atoms in total. The maximum atomic E-state index is 14.1. The topological polar surface area (TPSA) is 104 Å². The highest BCUT2D eigenvalue weighted by atomic mass is 35.5. The van der Waals surface area contributed by atoms with Crippen molar-refractivity contribution in [3.05, 3.63) is 104 Å². The summed E-state index contributed by atoms with van der Waals surface area (Å²) in [6.07, 6.45) is 2.63. The van der Waals surface area contributed by atoms with Crippen molar-refractivity contribution in [2.45, 2.75) is 6.54 Å². The fourth-order valence-electron chi connectivity index (χ4n) is 4.57. The van der Waals surface area contributed by atoms with Crippen LogP contribution in [0.1, 0.15) is 0 Å². The van der Waals surface area contributed by atoms with Gasteiger partial charge in [0, 0.05) is 25.0 Å². The summed E-state index contributed by atoms with van der Waals surface area (Å²) in [4.78, 5) is 48.1. The van der Waals surface area contributed by atoms with Gasteiger partial charge in [-0.2, -0.15) is 5.26 Å². The third kappa shape index (κ3) is 4.90. The molecule has 1 aliphatic rings. The number of rotatable bonds is 5. The molecule has 196 valence electrons. The van der Waals surface area contributed by atoms with Crippen LogP contribution in [-0.2, 0) is 11.3 Å². The lowest BCUT2D eigenvalue weighted by molar-refractivity contribution is -0.117. The molecule has 39 heavy (non-hydrogen) atoms. The molecular formula is C27H19Cl2FN6O3. The predicted octanol–water partition coefficient (Wildman–Crippen LogP) is 3.88. The molecule has 0 radical (unpaired) electrons. The summed E-state index contributed by atoms with van der Waals surface area (Å²) in [7, 11) is 0. The first kappa shape index (κ1) is 26.2. The zero-order valence-electron chi connectivity index (χ0n) is 20.2. The van der Waals surface area contributed by atoms with E-state index in [1.807, 2.05) is 36.4 Å². The van der Waals surface area contributed by atoms with Crippen LogP contribution in [0.3, 0.4) is 0 Å². The Bertz CT molecular complexity index is 1750. The van der Waals surface area contributed by atoms with Crippen molar-refractivity contribution >= 4 is 40.6 Å². The van der Waals surface area contributed by atoms with E-state index in [-0.39, 0.29) is 58.2 Å². The Balaban J connectivity index is 1.75. The van der Waals surface area contributed by atoms with Gasteiger partial charge >= 0.3 is 5.69 Å². The molecule has 4 aromatic rings. The van der Waals surface area contributed by atoms with Crippen LogP contribution in [0.2, 0.25) is 10.0 Å². The highest BCUT2D eigenvalue weighted by Gasteiger charge is 2.31. The number of carbonyl (C=O) groups excluding carboxylic acids is 1. The number of hydrogen-bond donors (Lipinski definition) is 0. The smallest absolute Gasteiger partial charge is 0.338 e. The van der Waals surface area contributed by atoms with Crippen molar-refractivity contribution in [2.24, 2.45) is 0 Å². The van der Waals surface area contributed by atoms with Gasteiger partial charge in [-0.3, -0.25) is 19.1 Å². The summed E-state index contributed by atoms with van der Waals surface area (Å²) in [6, 6.07) is 16.2. The Labute approximate surface area is 231 Å². The van der Waals surface area contributed by atoms with Gasteiger partial charge in [0.1, 0.15) is 18.2 Å². The monoisotopic (exact) mass is 564 g/mol. The maximum Gasteiger partial charge on any atom is 0.338 e. The standard InChI is InChI=1S/C27H19Cl2FN6O3/c28-18-13-20(15-32-14-18)36-26(38)24(17-6-7-22(30)21(29)12-17)25(35(9-8-31)27(36)39)33-10-11-34(23(37)16-33)19-4-2-1-3-5-19/h1-7,12-15H,9-11,16H2. The van der Waals surface area contributed by atoms with Crippen LogP contribution < -0.4 is 21.0 Å². The number of halogens is 3. The second-order valence-corrected chi connectivity index (χ2v) is 9.50. The lowest BCUT2D eigenvalue weighted by Crippen LogP contribution is -2.53.